The van der Waals surface area contributed by atoms with Crippen LogP contribution in [0.15, 0.2) is 24.4 Å². The summed E-state index contributed by atoms with van der Waals surface area (Å²) in [7, 11) is 0. The number of nitrogens with zero attached hydrogens (tertiary/aromatic N) is 3. The highest BCUT2D eigenvalue weighted by atomic mass is 15.3. The third kappa shape index (κ3) is 3.32. The Morgan fingerprint density at radius 3 is 3.10 bits per heavy atom. The van der Waals surface area contributed by atoms with Gasteiger partial charge in [-0.25, -0.2) is 0 Å². The molecule has 21 heavy (non-hydrogen) atoms. The summed E-state index contributed by atoms with van der Waals surface area (Å²) in [6.45, 7) is 6.16. The van der Waals surface area contributed by atoms with Crippen molar-refractivity contribution in [2.75, 3.05) is 6.54 Å². The van der Waals surface area contributed by atoms with E-state index in [1.165, 1.54) is 36.2 Å². The highest BCUT2D eigenvalue weighted by Crippen LogP contribution is 2.27. The van der Waals surface area contributed by atoms with Gasteiger partial charge in [0, 0.05) is 24.5 Å². The maximum Gasteiger partial charge on any atom is 0.0605 e. The summed E-state index contributed by atoms with van der Waals surface area (Å²) in [5.74, 6) is 0. The molecule has 0 amide bonds. The molecular formula is C17H24N4. The third-order valence-electron chi connectivity index (χ3n) is 4.24. The first-order valence-electron chi connectivity index (χ1n) is 7.92. The van der Waals surface area contributed by atoms with Gasteiger partial charge in [0.25, 0.3) is 0 Å². The number of hydrogen-bond acceptors (Lipinski definition) is 3. The van der Waals surface area contributed by atoms with E-state index in [9.17, 15) is 0 Å². The molecule has 1 aliphatic carbocycles. The summed E-state index contributed by atoms with van der Waals surface area (Å²) in [6, 6.07) is 6.82. The second kappa shape index (κ2) is 6.39. The molecule has 2 aromatic rings. The largest absolute Gasteiger partial charge is 0.309 e. The van der Waals surface area contributed by atoms with Crippen LogP contribution in [0.3, 0.4) is 0 Å². The zero-order valence-corrected chi connectivity index (χ0v) is 13.0. The van der Waals surface area contributed by atoms with Crippen molar-refractivity contribution in [1.82, 2.24) is 20.1 Å². The fourth-order valence-corrected chi connectivity index (χ4v) is 3.21. The average molecular weight is 284 g/mol. The monoisotopic (exact) mass is 284 g/mol. The molecule has 0 bridgehead atoms. The molecule has 1 atom stereocenters. The lowest BCUT2D eigenvalue weighted by Crippen LogP contribution is -2.27. The van der Waals surface area contributed by atoms with Crippen molar-refractivity contribution < 1.29 is 0 Å². The average Bonchev–Trinajstić information content (AvgIpc) is 2.82. The van der Waals surface area contributed by atoms with Gasteiger partial charge in [-0.15, -0.1) is 0 Å². The molecule has 0 aromatic carbocycles. The van der Waals surface area contributed by atoms with Gasteiger partial charge in [-0.2, -0.15) is 5.10 Å². The minimum absolute atomic E-state index is 0.426. The molecule has 0 radical (unpaired) electrons. The Kier molecular flexibility index (Phi) is 4.34. The number of rotatable bonds is 5. The van der Waals surface area contributed by atoms with Crippen molar-refractivity contribution in [3.8, 4) is 0 Å². The van der Waals surface area contributed by atoms with Gasteiger partial charge in [0.15, 0.2) is 0 Å². The van der Waals surface area contributed by atoms with Crippen LogP contribution in [0, 0.1) is 13.8 Å². The molecule has 2 aromatic heterocycles. The standard InChI is InChI=1S/C17H24N4/c1-13-12-14(2)21(20-13)11-5-10-18-16-8-3-6-15-7-4-9-19-17(15)16/h4,7,9,12,16,18H,3,5-6,8,10-11H2,1-2H3. The summed E-state index contributed by atoms with van der Waals surface area (Å²) < 4.78 is 2.10. The number of hydrogen-bond donors (Lipinski definition) is 1. The van der Waals surface area contributed by atoms with Gasteiger partial charge in [-0.1, -0.05) is 6.07 Å². The normalized spacial score (nSPS) is 17.7. The van der Waals surface area contributed by atoms with E-state index in [0.29, 0.717) is 6.04 Å². The SMILES string of the molecule is Cc1cc(C)n(CCCNC2CCCc3cccnc32)n1. The van der Waals surface area contributed by atoms with Crippen LogP contribution in [-0.2, 0) is 13.0 Å². The van der Waals surface area contributed by atoms with Gasteiger partial charge in [-0.05, 0) is 63.8 Å². The summed E-state index contributed by atoms with van der Waals surface area (Å²) in [5, 5.41) is 8.18. The summed E-state index contributed by atoms with van der Waals surface area (Å²) in [5.41, 5.74) is 5.03. The minimum Gasteiger partial charge on any atom is -0.309 e. The zero-order valence-electron chi connectivity index (χ0n) is 13.0. The molecule has 2 heterocycles. The van der Waals surface area contributed by atoms with Gasteiger partial charge >= 0.3 is 0 Å². The molecule has 0 saturated carbocycles. The van der Waals surface area contributed by atoms with Gasteiger partial charge in [0.05, 0.1) is 11.4 Å². The van der Waals surface area contributed by atoms with Crippen LogP contribution in [0.4, 0.5) is 0 Å². The molecule has 1 N–H and O–H groups in total. The van der Waals surface area contributed by atoms with Crippen LogP contribution < -0.4 is 5.32 Å². The molecule has 3 rings (SSSR count). The van der Waals surface area contributed by atoms with Gasteiger partial charge in [0.1, 0.15) is 0 Å². The highest BCUT2D eigenvalue weighted by molar-refractivity contribution is 5.25. The Morgan fingerprint density at radius 2 is 2.29 bits per heavy atom. The van der Waals surface area contributed by atoms with E-state index in [-0.39, 0.29) is 0 Å². The molecule has 0 aliphatic heterocycles. The van der Waals surface area contributed by atoms with E-state index in [1.807, 2.05) is 19.2 Å². The second-order valence-electron chi connectivity index (χ2n) is 5.95. The molecule has 4 nitrogen and oxygen atoms in total. The van der Waals surface area contributed by atoms with Crippen molar-refractivity contribution in [1.29, 1.82) is 0 Å². The fraction of sp³-hybridized carbons (Fsp3) is 0.529. The highest BCUT2D eigenvalue weighted by Gasteiger charge is 2.20. The van der Waals surface area contributed by atoms with Crippen molar-refractivity contribution in [3.63, 3.8) is 0 Å². The molecule has 1 unspecified atom stereocenters. The first-order valence-corrected chi connectivity index (χ1v) is 7.92. The Balaban J connectivity index is 1.51. The lowest BCUT2D eigenvalue weighted by Gasteiger charge is -2.25. The minimum atomic E-state index is 0.426. The predicted molar refractivity (Wildman–Crippen MR) is 84.2 cm³/mol. The molecule has 1 aliphatic rings. The number of aryl methyl sites for hydroxylation is 4. The Hall–Kier alpha value is -1.68. The first-order chi connectivity index (χ1) is 10.2. The molecular weight excluding hydrogens is 260 g/mol. The molecule has 0 spiro atoms. The maximum absolute atomic E-state index is 4.57. The van der Waals surface area contributed by atoms with E-state index >= 15 is 0 Å². The van der Waals surface area contributed by atoms with E-state index in [4.69, 9.17) is 0 Å². The van der Waals surface area contributed by atoms with E-state index < -0.39 is 0 Å². The Morgan fingerprint density at radius 1 is 1.38 bits per heavy atom. The summed E-state index contributed by atoms with van der Waals surface area (Å²) >= 11 is 0. The molecule has 0 fully saturated rings. The van der Waals surface area contributed by atoms with Crippen LogP contribution in [0.5, 0.6) is 0 Å². The van der Waals surface area contributed by atoms with Crippen LogP contribution >= 0.6 is 0 Å². The number of aromatic nitrogens is 3. The van der Waals surface area contributed by atoms with Gasteiger partial charge in [-0.3, -0.25) is 9.67 Å². The van der Waals surface area contributed by atoms with Gasteiger partial charge in [0.2, 0.25) is 0 Å². The smallest absolute Gasteiger partial charge is 0.0605 e. The number of nitrogens with one attached hydrogen (secondary N) is 1. The maximum atomic E-state index is 4.57. The van der Waals surface area contributed by atoms with E-state index in [0.717, 1.165) is 25.2 Å². The van der Waals surface area contributed by atoms with Crippen LogP contribution in [0.2, 0.25) is 0 Å². The van der Waals surface area contributed by atoms with Crippen molar-refractivity contribution >= 4 is 0 Å². The van der Waals surface area contributed by atoms with Crippen LogP contribution in [0.25, 0.3) is 0 Å². The number of pyridine rings is 1. The van der Waals surface area contributed by atoms with Crippen molar-refractivity contribution in [3.05, 3.63) is 47.0 Å². The lowest BCUT2D eigenvalue weighted by atomic mass is 9.92. The lowest BCUT2D eigenvalue weighted by molar-refractivity contribution is 0.430. The quantitative estimate of drug-likeness (QED) is 0.858. The Labute approximate surface area is 126 Å². The summed E-state index contributed by atoms with van der Waals surface area (Å²) in [4.78, 5) is 4.57. The summed E-state index contributed by atoms with van der Waals surface area (Å²) in [6.07, 6.45) is 6.64. The third-order valence-corrected chi connectivity index (χ3v) is 4.24. The predicted octanol–water partition coefficient (Wildman–Crippen LogP) is 2.95. The fourth-order valence-electron chi connectivity index (χ4n) is 3.21. The van der Waals surface area contributed by atoms with Gasteiger partial charge < -0.3 is 5.32 Å². The van der Waals surface area contributed by atoms with Crippen LogP contribution in [-0.4, -0.2) is 21.3 Å². The molecule has 0 saturated heterocycles. The first kappa shape index (κ1) is 14.3. The molecule has 4 heteroatoms. The van der Waals surface area contributed by atoms with Crippen molar-refractivity contribution in [2.45, 2.75) is 52.1 Å². The van der Waals surface area contributed by atoms with Crippen molar-refractivity contribution in [2.24, 2.45) is 0 Å². The number of fused-ring (bicyclic) bond motifs is 1. The van der Waals surface area contributed by atoms with Crippen LogP contribution in [0.1, 0.15) is 47.9 Å². The molecule has 112 valence electrons. The second-order valence-corrected chi connectivity index (χ2v) is 5.95. The topological polar surface area (TPSA) is 42.7 Å². The van der Waals surface area contributed by atoms with E-state index in [1.54, 1.807) is 0 Å². The van der Waals surface area contributed by atoms with E-state index in [2.05, 4.69) is 39.1 Å². The zero-order chi connectivity index (χ0) is 14.7. The Bertz CT molecular complexity index is 603.